The second kappa shape index (κ2) is 18.6. The average Bonchev–Trinajstić information content (AvgIpc) is 3.75. The first-order valence-electron chi connectivity index (χ1n) is 17.8. The van der Waals surface area contributed by atoms with E-state index >= 15 is 0 Å². The largest absolute Gasteiger partial charge is 0.493 e. The van der Waals surface area contributed by atoms with Gasteiger partial charge >= 0.3 is 5.97 Å². The summed E-state index contributed by atoms with van der Waals surface area (Å²) in [7, 11) is 2.39. The number of amides is 2. The van der Waals surface area contributed by atoms with Gasteiger partial charge in [0.1, 0.15) is 23.8 Å². The number of nitrogens with zero attached hydrogens (tertiary/aromatic N) is 4. The Kier molecular flexibility index (Phi) is 13.6. The summed E-state index contributed by atoms with van der Waals surface area (Å²) in [4.78, 5) is 88.1. The fourth-order valence-corrected chi connectivity index (χ4v) is 6.54. The molecule has 3 aromatic rings. The van der Waals surface area contributed by atoms with Gasteiger partial charge < -0.3 is 33.5 Å². The molecule has 2 fully saturated rings. The number of Topliss-reactive ketones (excluding diaryl/α,β-unsaturated/α-hetero) is 2. The summed E-state index contributed by atoms with van der Waals surface area (Å²) in [5, 5.41) is 24.7. The molecular weight excluding hydrogens is 772 g/mol. The third kappa shape index (κ3) is 9.93. The van der Waals surface area contributed by atoms with Crippen LogP contribution in [0.5, 0.6) is 23.0 Å². The van der Waals surface area contributed by atoms with Gasteiger partial charge in [-0.2, -0.15) is 0 Å². The zero-order chi connectivity index (χ0) is 41.4. The number of rotatable bonds is 17. The van der Waals surface area contributed by atoms with Gasteiger partial charge in [0.2, 0.25) is 0 Å². The Hall–Kier alpha value is -6.30. The number of nitro groups is 2. The van der Waals surface area contributed by atoms with Gasteiger partial charge in [0.25, 0.3) is 23.2 Å². The van der Waals surface area contributed by atoms with Crippen molar-refractivity contribution in [3.05, 3.63) is 90.5 Å². The van der Waals surface area contributed by atoms with Crippen molar-refractivity contribution in [2.75, 3.05) is 40.5 Å². The summed E-state index contributed by atoms with van der Waals surface area (Å²) in [6, 6.07) is 9.71. The minimum atomic E-state index is -1.22. The number of ketones is 2. The molecule has 19 heteroatoms. The van der Waals surface area contributed by atoms with Crippen LogP contribution in [0, 0.1) is 20.2 Å². The predicted molar refractivity (Wildman–Crippen MR) is 200 cm³/mol. The highest BCUT2D eigenvalue weighted by atomic mass is 35.5. The van der Waals surface area contributed by atoms with Crippen molar-refractivity contribution in [2.24, 2.45) is 0 Å². The Labute approximate surface area is 330 Å². The maximum Gasteiger partial charge on any atom is 0.329 e. The molecular formula is C38H39ClN4O14. The van der Waals surface area contributed by atoms with E-state index in [9.17, 15) is 44.2 Å². The number of carbonyl (C=O) groups is 5. The molecule has 0 bridgehead atoms. The monoisotopic (exact) mass is 810 g/mol. The van der Waals surface area contributed by atoms with E-state index < -0.39 is 69.0 Å². The SMILES string of the molecule is COC(=O)[C@@H]1CC(=O)CN1C(=O)c1cc(OC)c(OCCCCCOc2cc([N+](=O)[O-])c(C(=O)N3CC(=O)C[C@H]3C)cc2OCc2ccc(Cl)cc2)cc1[N+](=O)[O-]. The number of nitro benzene ring substituents is 2. The molecule has 2 atom stereocenters. The number of methoxy groups -OCH3 is 2. The van der Waals surface area contributed by atoms with E-state index in [1.807, 2.05) is 0 Å². The standard InChI is InChI=1S/C38H39ClN4O14/c1-22-13-25(44)19-40(22)36(46)28-16-33(57-21-23-7-9-24(39)10-8-23)35(18-30(28)43(51)52)56-12-6-4-5-11-55-34-17-29(42(49)50)27(15-32(34)53-2)37(47)41-20-26(45)14-31(41)38(48)54-3/h7-10,15-18,22,31H,4-6,11-14,19-21H2,1-3H3/t22-,31+/m1/s1. The lowest BCUT2D eigenvalue weighted by Gasteiger charge is -2.22. The van der Waals surface area contributed by atoms with E-state index in [-0.39, 0.29) is 73.6 Å². The number of esters is 1. The maximum atomic E-state index is 13.5. The number of hydrogen-bond donors (Lipinski definition) is 0. The summed E-state index contributed by atoms with van der Waals surface area (Å²) >= 11 is 6.00. The molecule has 2 saturated heterocycles. The Morgan fingerprint density at radius 3 is 1.77 bits per heavy atom. The number of carbonyl (C=O) groups excluding carboxylic acids is 5. The minimum absolute atomic E-state index is 0.00728. The quantitative estimate of drug-likeness (QED) is 0.0746. The average molecular weight is 811 g/mol. The van der Waals surface area contributed by atoms with Crippen LogP contribution >= 0.6 is 11.6 Å². The second-order valence-corrected chi connectivity index (χ2v) is 13.7. The summed E-state index contributed by atoms with van der Waals surface area (Å²) in [5.41, 5.74) is -1.05. The Morgan fingerprint density at radius 2 is 1.25 bits per heavy atom. The first-order valence-corrected chi connectivity index (χ1v) is 18.1. The fraction of sp³-hybridized carbons (Fsp3) is 0.395. The lowest BCUT2D eigenvalue weighted by atomic mass is 10.1. The van der Waals surface area contributed by atoms with Crippen molar-refractivity contribution in [2.45, 2.75) is 57.7 Å². The molecule has 0 spiro atoms. The third-order valence-electron chi connectivity index (χ3n) is 9.35. The molecule has 2 amide bonds. The molecule has 3 aromatic carbocycles. The Morgan fingerprint density at radius 1 is 0.737 bits per heavy atom. The van der Waals surface area contributed by atoms with E-state index in [1.165, 1.54) is 18.1 Å². The second-order valence-electron chi connectivity index (χ2n) is 13.3. The van der Waals surface area contributed by atoms with Crippen molar-refractivity contribution < 1.29 is 57.5 Å². The molecule has 0 unspecified atom stereocenters. The highest BCUT2D eigenvalue weighted by molar-refractivity contribution is 6.30. The van der Waals surface area contributed by atoms with Crippen LogP contribution in [-0.2, 0) is 25.7 Å². The van der Waals surface area contributed by atoms with Gasteiger partial charge in [0, 0.05) is 36.0 Å². The van der Waals surface area contributed by atoms with Gasteiger partial charge in [0.15, 0.2) is 34.6 Å². The molecule has 18 nitrogen and oxygen atoms in total. The number of hydrogen-bond acceptors (Lipinski definition) is 14. The number of halogens is 1. The summed E-state index contributed by atoms with van der Waals surface area (Å²) < 4.78 is 27.8. The number of benzene rings is 3. The van der Waals surface area contributed by atoms with Crippen LogP contribution in [0.25, 0.3) is 0 Å². The van der Waals surface area contributed by atoms with Crippen LogP contribution in [0.4, 0.5) is 11.4 Å². The first-order chi connectivity index (χ1) is 27.2. The van der Waals surface area contributed by atoms with Gasteiger partial charge in [-0.3, -0.25) is 39.4 Å². The van der Waals surface area contributed by atoms with E-state index in [2.05, 4.69) is 0 Å². The van der Waals surface area contributed by atoms with Crippen molar-refractivity contribution in [3.8, 4) is 23.0 Å². The van der Waals surface area contributed by atoms with Gasteiger partial charge in [-0.15, -0.1) is 0 Å². The molecule has 0 saturated carbocycles. The number of unbranched alkanes of at least 4 members (excludes halogenated alkanes) is 2. The Bertz CT molecular complexity index is 2070. The van der Waals surface area contributed by atoms with Crippen molar-refractivity contribution in [1.29, 1.82) is 0 Å². The predicted octanol–water partition coefficient (Wildman–Crippen LogP) is 5.13. The smallest absolute Gasteiger partial charge is 0.329 e. The van der Waals surface area contributed by atoms with Crippen LogP contribution in [0.15, 0.2) is 48.5 Å². The summed E-state index contributed by atoms with van der Waals surface area (Å²) in [5.74, 6) is -2.89. The first kappa shape index (κ1) is 41.9. The van der Waals surface area contributed by atoms with Crippen molar-refractivity contribution in [3.63, 3.8) is 0 Å². The van der Waals surface area contributed by atoms with Crippen LogP contribution in [0.1, 0.15) is 65.3 Å². The molecule has 5 rings (SSSR count). The van der Waals surface area contributed by atoms with Crippen molar-refractivity contribution in [1.82, 2.24) is 9.80 Å². The highest BCUT2D eigenvalue weighted by Gasteiger charge is 2.42. The summed E-state index contributed by atoms with van der Waals surface area (Å²) in [6.07, 6.45) is 1.25. The van der Waals surface area contributed by atoms with Crippen LogP contribution in [0.3, 0.4) is 0 Å². The van der Waals surface area contributed by atoms with Gasteiger partial charge in [-0.25, -0.2) is 4.79 Å². The molecule has 0 radical (unpaired) electrons. The molecule has 0 aliphatic carbocycles. The minimum Gasteiger partial charge on any atom is -0.493 e. The van der Waals surface area contributed by atoms with Gasteiger partial charge in [-0.1, -0.05) is 23.7 Å². The molecule has 2 aliphatic heterocycles. The van der Waals surface area contributed by atoms with E-state index in [4.69, 9.17) is 35.3 Å². The molecule has 0 N–H and O–H groups in total. The molecule has 0 aromatic heterocycles. The normalized spacial score (nSPS) is 16.4. The van der Waals surface area contributed by atoms with E-state index in [0.29, 0.717) is 24.3 Å². The van der Waals surface area contributed by atoms with E-state index in [0.717, 1.165) is 35.8 Å². The molecule has 2 aliphatic rings. The molecule has 302 valence electrons. The molecule has 2 heterocycles. The van der Waals surface area contributed by atoms with Crippen molar-refractivity contribution >= 4 is 52.3 Å². The summed E-state index contributed by atoms with van der Waals surface area (Å²) in [6.45, 7) is 1.30. The zero-order valence-corrected chi connectivity index (χ0v) is 32.0. The fourth-order valence-electron chi connectivity index (χ4n) is 6.41. The Balaban J connectivity index is 1.24. The topological polar surface area (TPSA) is 224 Å². The van der Waals surface area contributed by atoms with E-state index in [1.54, 1.807) is 31.2 Å². The highest BCUT2D eigenvalue weighted by Crippen LogP contribution is 2.38. The maximum absolute atomic E-state index is 13.5. The van der Waals surface area contributed by atoms with Gasteiger partial charge in [-0.05, 0) is 43.9 Å². The number of ether oxygens (including phenoxy) is 5. The van der Waals surface area contributed by atoms with Crippen LogP contribution < -0.4 is 18.9 Å². The molecule has 57 heavy (non-hydrogen) atoms. The number of likely N-dealkylation sites (tertiary alicyclic amines) is 2. The van der Waals surface area contributed by atoms with Gasteiger partial charge in [0.05, 0.1) is 62.5 Å². The van der Waals surface area contributed by atoms with Crippen LogP contribution in [-0.4, -0.2) is 102 Å². The zero-order valence-electron chi connectivity index (χ0n) is 31.2. The lowest BCUT2D eigenvalue weighted by molar-refractivity contribution is -0.385. The third-order valence-corrected chi connectivity index (χ3v) is 9.60. The van der Waals surface area contributed by atoms with Crippen LogP contribution in [0.2, 0.25) is 5.02 Å². The lowest BCUT2D eigenvalue weighted by Crippen LogP contribution is -2.41.